The van der Waals surface area contributed by atoms with Gasteiger partial charge in [0, 0.05) is 62.3 Å². The number of nitro benzene ring substituents is 1. The molecule has 218 valence electrons. The van der Waals surface area contributed by atoms with Crippen molar-refractivity contribution in [1.82, 2.24) is 10.2 Å². The number of halogens is 1. The van der Waals surface area contributed by atoms with Gasteiger partial charge in [-0.05, 0) is 80.0 Å². The number of benzene rings is 3. The second kappa shape index (κ2) is 12.9. The SMILES string of the molecule is O=C(NC(=S)Nc1ccc(N2CCN(C(=O)c3ccccc3F)CC2)cc1)c1ccc(N2CCCCC2)c([N+](=O)[O-])c1. The number of carbonyl (C=O) groups is 2. The zero-order valence-electron chi connectivity index (χ0n) is 22.9. The summed E-state index contributed by atoms with van der Waals surface area (Å²) in [6, 6.07) is 18.0. The predicted octanol–water partition coefficient (Wildman–Crippen LogP) is 4.81. The molecule has 0 saturated carbocycles. The molecule has 0 bridgehead atoms. The Morgan fingerprint density at radius 3 is 2.21 bits per heavy atom. The van der Waals surface area contributed by atoms with Gasteiger partial charge in [0.1, 0.15) is 11.5 Å². The Labute approximate surface area is 248 Å². The fraction of sp³-hybridized carbons (Fsp3) is 0.300. The lowest BCUT2D eigenvalue weighted by Crippen LogP contribution is -2.49. The average molecular weight is 591 g/mol. The Morgan fingerprint density at radius 2 is 1.55 bits per heavy atom. The van der Waals surface area contributed by atoms with Crippen LogP contribution in [0.5, 0.6) is 0 Å². The summed E-state index contributed by atoms with van der Waals surface area (Å²) in [4.78, 5) is 42.6. The molecule has 12 heteroatoms. The fourth-order valence-corrected chi connectivity index (χ4v) is 5.49. The zero-order chi connectivity index (χ0) is 29.6. The standard InChI is InChI=1S/C30H31FN6O4S/c31-25-7-3-2-6-24(25)29(39)36-18-16-34(17-19-36)23-11-9-22(10-12-23)32-30(42)33-28(38)21-8-13-26(27(20-21)37(40)41)35-14-4-1-5-15-35/h2-3,6-13,20H,1,4-5,14-19H2,(H2,32,33,38,42). The zero-order valence-corrected chi connectivity index (χ0v) is 23.7. The summed E-state index contributed by atoms with van der Waals surface area (Å²) in [6.45, 7) is 3.66. The fourth-order valence-electron chi connectivity index (χ4n) is 5.28. The van der Waals surface area contributed by atoms with Crippen molar-refractivity contribution in [3.05, 3.63) is 93.8 Å². The number of hydrogen-bond donors (Lipinski definition) is 2. The maximum absolute atomic E-state index is 14.0. The van der Waals surface area contributed by atoms with Crippen LogP contribution in [0.25, 0.3) is 0 Å². The molecule has 0 aliphatic carbocycles. The van der Waals surface area contributed by atoms with E-state index in [2.05, 4.69) is 15.5 Å². The largest absolute Gasteiger partial charge is 0.368 e. The van der Waals surface area contributed by atoms with Crippen LogP contribution in [0.3, 0.4) is 0 Å². The lowest BCUT2D eigenvalue weighted by Gasteiger charge is -2.36. The molecule has 0 atom stereocenters. The number of anilines is 3. The lowest BCUT2D eigenvalue weighted by molar-refractivity contribution is -0.384. The second-order valence-electron chi connectivity index (χ2n) is 10.2. The molecule has 2 fully saturated rings. The van der Waals surface area contributed by atoms with Crippen LogP contribution in [0.2, 0.25) is 0 Å². The Morgan fingerprint density at radius 1 is 0.857 bits per heavy atom. The molecule has 3 aromatic carbocycles. The summed E-state index contributed by atoms with van der Waals surface area (Å²) in [5.41, 5.74) is 2.26. The number of nitrogens with zero attached hydrogens (tertiary/aromatic N) is 4. The van der Waals surface area contributed by atoms with E-state index in [1.807, 2.05) is 29.2 Å². The number of piperidine rings is 1. The van der Waals surface area contributed by atoms with Crippen molar-refractivity contribution >= 4 is 51.9 Å². The molecule has 3 aromatic rings. The molecule has 2 aliphatic rings. The van der Waals surface area contributed by atoms with Gasteiger partial charge in [-0.3, -0.25) is 25.0 Å². The molecule has 10 nitrogen and oxygen atoms in total. The van der Waals surface area contributed by atoms with Gasteiger partial charge in [0.15, 0.2) is 5.11 Å². The first-order valence-electron chi connectivity index (χ1n) is 13.8. The molecular weight excluding hydrogens is 559 g/mol. The molecule has 42 heavy (non-hydrogen) atoms. The van der Waals surface area contributed by atoms with E-state index in [1.165, 1.54) is 18.2 Å². The van der Waals surface area contributed by atoms with Crippen molar-refractivity contribution in [2.45, 2.75) is 19.3 Å². The van der Waals surface area contributed by atoms with E-state index in [4.69, 9.17) is 12.2 Å². The number of piperazine rings is 1. The van der Waals surface area contributed by atoms with E-state index in [0.29, 0.717) is 37.6 Å². The van der Waals surface area contributed by atoms with Crippen LogP contribution in [-0.4, -0.2) is 66.0 Å². The lowest BCUT2D eigenvalue weighted by atomic mass is 10.1. The Balaban J connectivity index is 1.14. The van der Waals surface area contributed by atoms with Gasteiger partial charge in [0.25, 0.3) is 17.5 Å². The smallest absolute Gasteiger partial charge is 0.293 e. The first-order valence-corrected chi connectivity index (χ1v) is 14.3. The molecule has 2 N–H and O–H groups in total. The van der Waals surface area contributed by atoms with E-state index >= 15 is 0 Å². The third-order valence-corrected chi connectivity index (χ3v) is 7.72. The van der Waals surface area contributed by atoms with Gasteiger partial charge < -0.3 is 20.0 Å². The van der Waals surface area contributed by atoms with E-state index in [1.54, 1.807) is 29.2 Å². The molecule has 5 rings (SSSR count). The van der Waals surface area contributed by atoms with Crippen LogP contribution < -0.4 is 20.4 Å². The third kappa shape index (κ3) is 6.65. The van der Waals surface area contributed by atoms with Gasteiger partial charge in [-0.2, -0.15) is 0 Å². The van der Waals surface area contributed by atoms with E-state index in [9.17, 15) is 24.1 Å². The Bertz CT molecular complexity index is 1490. The predicted molar refractivity (Wildman–Crippen MR) is 164 cm³/mol. The first kappa shape index (κ1) is 28.9. The summed E-state index contributed by atoms with van der Waals surface area (Å²) < 4.78 is 14.0. The molecule has 0 aromatic heterocycles. The van der Waals surface area contributed by atoms with Crippen molar-refractivity contribution in [3.8, 4) is 0 Å². The van der Waals surface area contributed by atoms with Crippen LogP contribution in [0, 0.1) is 15.9 Å². The first-order chi connectivity index (χ1) is 20.3. The van der Waals surface area contributed by atoms with Gasteiger partial charge in [-0.25, -0.2) is 4.39 Å². The van der Waals surface area contributed by atoms with E-state index in [0.717, 1.165) is 38.0 Å². The number of nitrogens with one attached hydrogen (secondary N) is 2. The summed E-state index contributed by atoms with van der Waals surface area (Å²) in [5.74, 6) is -1.37. The number of carbonyl (C=O) groups excluding carboxylic acids is 2. The maximum Gasteiger partial charge on any atom is 0.293 e. The minimum Gasteiger partial charge on any atom is -0.368 e. The number of rotatable bonds is 6. The van der Waals surface area contributed by atoms with Crippen molar-refractivity contribution in [2.75, 3.05) is 54.4 Å². The highest BCUT2D eigenvalue weighted by molar-refractivity contribution is 7.80. The van der Waals surface area contributed by atoms with Gasteiger partial charge in [0.05, 0.1) is 10.5 Å². The quantitative estimate of drug-likeness (QED) is 0.239. The highest BCUT2D eigenvalue weighted by Crippen LogP contribution is 2.31. The molecule has 0 spiro atoms. The molecular formula is C30H31FN6O4S. The van der Waals surface area contributed by atoms with Crippen LogP contribution in [-0.2, 0) is 0 Å². The Kier molecular flexibility index (Phi) is 8.91. The van der Waals surface area contributed by atoms with E-state index < -0.39 is 16.6 Å². The number of thiocarbonyl (C=S) groups is 1. The molecule has 0 unspecified atom stereocenters. The second-order valence-corrected chi connectivity index (χ2v) is 10.6. The number of hydrogen-bond acceptors (Lipinski definition) is 7. The number of amides is 2. The number of nitro groups is 1. The average Bonchev–Trinajstić information content (AvgIpc) is 3.01. The van der Waals surface area contributed by atoms with Gasteiger partial charge >= 0.3 is 0 Å². The summed E-state index contributed by atoms with van der Waals surface area (Å²) in [5, 5.41) is 17.4. The van der Waals surface area contributed by atoms with Gasteiger partial charge in [0.2, 0.25) is 0 Å². The van der Waals surface area contributed by atoms with Crippen LogP contribution in [0.1, 0.15) is 40.0 Å². The molecule has 2 saturated heterocycles. The minimum atomic E-state index is -0.541. The minimum absolute atomic E-state index is 0.0655. The maximum atomic E-state index is 14.0. The highest BCUT2D eigenvalue weighted by atomic mass is 32.1. The topological polar surface area (TPSA) is 111 Å². The van der Waals surface area contributed by atoms with Crippen LogP contribution in [0.15, 0.2) is 66.7 Å². The monoisotopic (exact) mass is 590 g/mol. The third-order valence-electron chi connectivity index (χ3n) is 7.52. The highest BCUT2D eigenvalue weighted by Gasteiger charge is 2.25. The van der Waals surface area contributed by atoms with Crippen molar-refractivity contribution in [1.29, 1.82) is 0 Å². The summed E-state index contributed by atoms with van der Waals surface area (Å²) in [6.07, 6.45) is 3.07. The molecule has 2 aliphatic heterocycles. The molecule has 2 amide bonds. The summed E-state index contributed by atoms with van der Waals surface area (Å²) in [7, 11) is 0. The van der Waals surface area contributed by atoms with Crippen molar-refractivity contribution < 1.29 is 18.9 Å². The van der Waals surface area contributed by atoms with E-state index in [-0.39, 0.29) is 27.8 Å². The van der Waals surface area contributed by atoms with Crippen LogP contribution >= 0.6 is 12.2 Å². The van der Waals surface area contributed by atoms with Gasteiger partial charge in [-0.1, -0.05) is 12.1 Å². The van der Waals surface area contributed by atoms with Crippen molar-refractivity contribution in [3.63, 3.8) is 0 Å². The summed E-state index contributed by atoms with van der Waals surface area (Å²) >= 11 is 5.31. The molecule has 0 radical (unpaired) electrons. The van der Waals surface area contributed by atoms with Crippen molar-refractivity contribution in [2.24, 2.45) is 0 Å². The Hall–Kier alpha value is -4.58. The van der Waals surface area contributed by atoms with Gasteiger partial charge in [-0.15, -0.1) is 0 Å². The molecule has 2 heterocycles. The normalized spacial score (nSPS) is 15.2. The van der Waals surface area contributed by atoms with Crippen LogP contribution in [0.4, 0.5) is 27.1 Å².